The van der Waals surface area contributed by atoms with Crippen molar-refractivity contribution >= 4 is 35.2 Å². The Labute approximate surface area is 215 Å². The average molecular weight is 549 g/mol. The van der Waals surface area contributed by atoms with Crippen LogP contribution < -0.4 is 15.4 Å². The average Bonchev–Trinajstić information content (AvgIpc) is 2.79. The van der Waals surface area contributed by atoms with Crippen molar-refractivity contribution in [2.24, 2.45) is 5.73 Å². The fourth-order valence-electron chi connectivity index (χ4n) is 4.13. The van der Waals surface area contributed by atoms with Gasteiger partial charge in [0.05, 0.1) is 0 Å². The van der Waals surface area contributed by atoms with Crippen molar-refractivity contribution in [2.75, 3.05) is 39.3 Å². The molecule has 0 aromatic heterocycles. The van der Waals surface area contributed by atoms with Gasteiger partial charge in [-0.3, -0.25) is 4.79 Å². The van der Waals surface area contributed by atoms with Gasteiger partial charge in [0.15, 0.2) is 0 Å². The zero-order valence-corrected chi connectivity index (χ0v) is 25.1. The van der Waals surface area contributed by atoms with Gasteiger partial charge in [0, 0.05) is 0 Å². The minimum absolute atomic E-state index is 0.00333. The van der Waals surface area contributed by atoms with Crippen LogP contribution in [0.1, 0.15) is 58.1 Å². The van der Waals surface area contributed by atoms with Gasteiger partial charge in [0.25, 0.3) is 0 Å². The number of carboxylic acids is 1. The van der Waals surface area contributed by atoms with E-state index in [0.717, 1.165) is 43.6 Å². The second kappa shape index (κ2) is 15.3. The molecular weight excluding hydrogens is 501 g/mol. The molecule has 0 aliphatic rings. The van der Waals surface area contributed by atoms with Gasteiger partial charge >= 0.3 is 199 Å². The van der Waals surface area contributed by atoms with Crippen molar-refractivity contribution in [3.63, 3.8) is 0 Å². The molecule has 0 saturated heterocycles. The first-order valence-electron chi connectivity index (χ1n) is 12.9. The maximum atomic E-state index is 12.8. The number of allylic oxidation sites excluding steroid dienone is 1. The summed E-state index contributed by atoms with van der Waals surface area (Å²) in [5.74, 6) is 6.26. The molecule has 1 rings (SSSR count). The van der Waals surface area contributed by atoms with Crippen molar-refractivity contribution in [3.8, 4) is 0 Å². The van der Waals surface area contributed by atoms with E-state index < -0.39 is 19.2 Å². The molecule has 4 N–H and O–H groups in total. The van der Waals surface area contributed by atoms with E-state index in [-0.39, 0.29) is 12.5 Å². The van der Waals surface area contributed by atoms with Crippen LogP contribution >= 0.6 is 0 Å². The van der Waals surface area contributed by atoms with Crippen LogP contribution in [-0.2, 0) is 16.1 Å². The summed E-state index contributed by atoms with van der Waals surface area (Å²) in [5.41, 5.74) is 10.7. The van der Waals surface area contributed by atoms with Gasteiger partial charge < -0.3 is 5.11 Å². The Bertz CT molecular complexity index is 864. The first kappa shape index (κ1) is 31.2. The number of carbonyl (C=O) groups is 2. The normalized spacial score (nSPS) is 12.7. The Morgan fingerprint density at radius 2 is 1.54 bits per heavy atom. The molecule has 0 aliphatic heterocycles. The number of nitrogens with one attached hydrogen (secondary N) is 1. The third-order valence-electron chi connectivity index (χ3n) is 6.23. The summed E-state index contributed by atoms with van der Waals surface area (Å²) in [4.78, 5) is 28.0. The molecule has 0 unspecified atom stereocenters. The van der Waals surface area contributed by atoms with Crippen molar-refractivity contribution < 1.29 is 14.7 Å². The molecule has 0 atom stereocenters. The van der Waals surface area contributed by atoms with Gasteiger partial charge in [-0.05, 0) is 0 Å². The first-order valence-corrected chi connectivity index (χ1v) is 20.3. The van der Waals surface area contributed by atoms with Gasteiger partial charge in [-0.2, -0.15) is 0 Å². The van der Waals surface area contributed by atoms with E-state index in [1.807, 2.05) is 11.8 Å². The van der Waals surface area contributed by atoms with Crippen LogP contribution in [0.15, 0.2) is 23.8 Å². The van der Waals surface area contributed by atoms with Gasteiger partial charge in [0.2, 0.25) is 0 Å². The van der Waals surface area contributed by atoms with Crippen molar-refractivity contribution in [3.05, 3.63) is 34.9 Å². The van der Waals surface area contributed by atoms with Crippen LogP contribution in [0.3, 0.4) is 0 Å². The number of nitrogens with two attached hydrogens (primary N) is 1. The third kappa shape index (κ3) is 11.2. The van der Waals surface area contributed by atoms with Crippen LogP contribution in [0, 0.1) is 0 Å². The number of nitrogens with zero attached hydrogens (tertiary/aromatic N) is 2. The van der Waals surface area contributed by atoms with E-state index >= 15 is 0 Å². The molecule has 0 saturated carbocycles. The van der Waals surface area contributed by atoms with Crippen molar-refractivity contribution in [1.82, 2.24) is 15.1 Å². The smallest absolute Gasteiger partial charge is 0.480 e. The number of carbonyl (C=O) groups excluding carboxylic acids is 1. The van der Waals surface area contributed by atoms with Crippen LogP contribution in [0.25, 0.3) is 5.70 Å². The molecule has 1 amide bonds. The summed E-state index contributed by atoms with van der Waals surface area (Å²) in [5, 5.41) is 12.3. The van der Waals surface area contributed by atoms with E-state index in [2.05, 4.69) is 66.5 Å². The SMILES string of the molecule is CCCN(CCN(CCC)CC(=O)NCc1ccc(/C(N)=C(/C)CC)c[c]1[Ge]([CH3])([CH3])[CH3])CC(=O)O. The van der Waals surface area contributed by atoms with Crippen LogP contribution in [0.2, 0.25) is 17.3 Å². The van der Waals surface area contributed by atoms with E-state index in [9.17, 15) is 9.59 Å². The number of rotatable bonds is 16. The van der Waals surface area contributed by atoms with Crippen LogP contribution in [-0.4, -0.2) is 79.3 Å². The zero-order valence-electron chi connectivity index (χ0n) is 23.0. The summed E-state index contributed by atoms with van der Waals surface area (Å²) >= 11 is -2.21. The molecule has 35 heavy (non-hydrogen) atoms. The molecule has 0 heterocycles. The Morgan fingerprint density at radius 1 is 0.971 bits per heavy atom. The van der Waals surface area contributed by atoms with Gasteiger partial charge in [-0.25, -0.2) is 0 Å². The summed E-state index contributed by atoms with van der Waals surface area (Å²) in [6.45, 7) is 12.1. The third-order valence-corrected chi connectivity index (χ3v) is 10.6. The minimum Gasteiger partial charge on any atom is -0.480 e. The van der Waals surface area contributed by atoms with Crippen molar-refractivity contribution in [2.45, 2.75) is 70.8 Å². The second-order valence-electron chi connectivity index (χ2n) is 10.4. The predicted octanol–water partition coefficient (Wildman–Crippen LogP) is 3.46. The molecule has 198 valence electrons. The molecule has 0 bridgehead atoms. The maximum absolute atomic E-state index is 12.8. The van der Waals surface area contributed by atoms with Gasteiger partial charge in [-0.15, -0.1) is 0 Å². The molecule has 0 spiro atoms. The van der Waals surface area contributed by atoms with E-state index in [0.29, 0.717) is 26.2 Å². The first-order chi connectivity index (χ1) is 16.4. The van der Waals surface area contributed by atoms with Crippen LogP contribution in [0.5, 0.6) is 0 Å². The molecular formula is C27H48GeN4O3. The Balaban J connectivity index is 2.88. The Hall–Kier alpha value is -1.84. The predicted molar refractivity (Wildman–Crippen MR) is 149 cm³/mol. The fourth-order valence-corrected chi connectivity index (χ4v) is 7.75. The number of hydrogen-bond donors (Lipinski definition) is 3. The topological polar surface area (TPSA) is 98.9 Å². The number of hydrogen-bond acceptors (Lipinski definition) is 5. The molecule has 1 aromatic rings. The molecule has 0 fully saturated rings. The molecule has 0 aliphatic carbocycles. The monoisotopic (exact) mass is 550 g/mol. The summed E-state index contributed by atoms with van der Waals surface area (Å²) in [6, 6.07) is 6.43. The van der Waals surface area contributed by atoms with E-state index in [1.54, 1.807) is 0 Å². The van der Waals surface area contributed by atoms with Gasteiger partial charge in [0.1, 0.15) is 0 Å². The molecule has 1 aromatic carbocycles. The Kier molecular flexibility index (Phi) is 13.6. The van der Waals surface area contributed by atoms with E-state index in [1.165, 1.54) is 15.5 Å². The molecule has 8 heteroatoms. The molecule has 0 radical (unpaired) electrons. The summed E-state index contributed by atoms with van der Waals surface area (Å²) < 4.78 is 1.36. The fraction of sp³-hybridized carbons (Fsp3) is 0.630. The Morgan fingerprint density at radius 3 is 2.03 bits per heavy atom. The number of amides is 1. The van der Waals surface area contributed by atoms with Crippen molar-refractivity contribution in [1.29, 1.82) is 0 Å². The van der Waals surface area contributed by atoms with Gasteiger partial charge in [-0.1, -0.05) is 6.92 Å². The van der Waals surface area contributed by atoms with Crippen LogP contribution in [0.4, 0.5) is 0 Å². The minimum atomic E-state index is -2.21. The standard InChI is InChI=1S/C27H48GeN4O3/c1-8-13-31(15-16-32(14-9-2)20-26(34)35)19-25(33)30-18-23-12-11-22(27(29)21(4)10-3)17-24(23)28(5,6)7/h11-12,17H,8-10,13-16,18-20,29H2,1-7H3,(H,30,33)(H,34,35)/b27-21+. The van der Waals surface area contributed by atoms with E-state index in [4.69, 9.17) is 10.8 Å². The number of carboxylic acid groups (broad SMARTS) is 1. The second-order valence-corrected chi connectivity index (χ2v) is 21.0. The zero-order chi connectivity index (χ0) is 26.6. The number of aliphatic carboxylic acids is 1. The quantitative estimate of drug-likeness (QED) is 0.274. The number of benzene rings is 1. The summed E-state index contributed by atoms with van der Waals surface area (Å²) in [7, 11) is 0. The summed E-state index contributed by atoms with van der Waals surface area (Å²) in [6.07, 6.45) is 2.77. The molecule has 7 nitrogen and oxygen atoms in total.